The van der Waals surface area contributed by atoms with Crippen LogP contribution in [0.4, 0.5) is 11.4 Å². The highest BCUT2D eigenvalue weighted by Gasteiger charge is 2.10. The number of nitrogens with one attached hydrogen (secondary N) is 1. The molecule has 0 bridgehead atoms. The van der Waals surface area contributed by atoms with Gasteiger partial charge in [-0.25, -0.2) is 4.98 Å². The molecule has 0 fully saturated rings. The van der Waals surface area contributed by atoms with E-state index >= 15 is 0 Å². The van der Waals surface area contributed by atoms with Gasteiger partial charge in [0, 0.05) is 29.4 Å². The number of non-ortho nitro benzene ring substituents is 1. The summed E-state index contributed by atoms with van der Waals surface area (Å²) in [5, 5.41) is 25.3. The maximum Gasteiger partial charge on any atom is 0.271 e. The fraction of sp³-hybridized carbons (Fsp3) is 0.0769. The van der Waals surface area contributed by atoms with Crippen LogP contribution in [-0.4, -0.2) is 9.91 Å². The number of allylic oxidation sites excluding steroid dienone is 1. The minimum Gasteiger partial charge on any atom is -0.359 e. The SMILES string of the molecule is Cc1csc(/C(C#N)=C/Nc2ccc([N+](=O)[O-])cc2Cl)n1. The Hall–Kier alpha value is -2.43. The smallest absolute Gasteiger partial charge is 0.271 e. The van der Waals surface area contributed by atoms with Crippen LogP contribution >= 0.6 is 22.9 Å². The van der Waals surface area contributed by atoms with E-state index in [1.165, 1.54) is 35.7 Å². The van der Waals surface area contributed by atoms with Crippen LogP contribution in [0.15, 0.2) is 29.8 Å². The largest absolute Gasteiger partial charge is 0.359 e. The van der Waals surface area contributed by atoms with Gasteiger partial charge in [-0.3, -0.25) is 10.1 Å². The fourth-order valence-electron chi connectivity index (χ4n) is 1.50. The first-order valence-corrected chi connectivity index (χ1v) is 7.00. The number of aromatic nitrogens is 1. The van der Waals surface area contributed by atoms with E-state index in [0.717, 1.165) is 5.69 Å². The number of hydrogen-bond acceptors (Lipinski definition) is 6. The van der Waals surface area contributed by atoms with Gasteiger partial charge in [-0.15, -0.1) is 11.3 Å². The molecule has 0 aliphatic carbocycles. The van der Waals surface area contributed by atoms with Gasteiger partial charge >= 0.3 is 0 Å². The average molecular weight is 321 g/mol. The number of thiazole rings is 1. The van der Waals surface area contributed by atoms with Crippen molar-refractivity contribution in [3.05, 3.63) is 55.6 Å². The van der Waals surface area contributed by atoms with E-state index in [1.54, 1.807) is 0 Å². The first-order chi connectivity index (χ1) is 10.0. The van der Waals surface area contributed by atoms with E-state index in [-0.39, 0.29) is 10.7 Å². The molecule has 21 heavy (non-hydrogen) atoms. The number of anilines is 1. The third-order valence-corrected chi connectivity index (χ3v) is 3.81. The molecule has 0 saturated heterocycles. The van der Waals surface area contributed by atoms with Crippen molar-refractivity contribution in [1.29, 1.82) is 5.26 Å². The van der Waals surface area contributed by atoms with Crippen LogP contribution in [0.5, 0.6) is 0 Å². The molecule has 6 nitrogen and oxygen atoms in total. The van der Waals surface area contributed by atoms with Crippen LogP contribution in [0.25, 0.3) is 5.57 Å². The molecule has 106 valence electrons. The number of halogens is 1. The second-order valence-corrected chi connectivity index (χ2v) is 5.29. The molecule has 0 spiro atoms. The highest BCUT2D eigenvalue weighted by atomic mass is 35.5. The highest BCUT2D eigenvalue weighted by Crippen LogP contribution is 2.27. The predicted molar refractivity (Wildman–Crippen MR) is 82.2 cm³/mol. The summed E-state index contributed by atoms with van der Waals surface area (Å²) in [6, 6.07) is 6.11. The topological polar surface area (TPSA) is 91.8 Å². The summed E-state index contributed by atoms with van der Waals surface area (Å²) in [6.45, 7) is 1.84. The van der Waals surface area contributed by atoms with Crippen molar-refractivity contribution >= 4 is 39.9 Å². The van der Waals surface area contributed by atoms with Crippen LogP contribution in [0.3, 0.4) is 0 Å². The molecule has 1 aromatic carbocycles. The molecule has 0 amide bonds. The monoisotopic (exact) mass is 320 g/mol. The van der Waals surface area contributed by atoms with Gasteiger partial charge in [0.2, 0.25) is 0 Å². The summed E-state index contributed by atoms with van der Waals surface area (Å²) in [5.74, 6) is 0. The Bertz CT molecular complexity index is 764. The van der Waals surface area contributed by atoms with Gasteiger partial charge in [0.15, 0.2) is 0 Å². The first kappa shape index (κ1) is 15.0. The normalized spacial score (nSPS) is 11.0. The van der Waals surface area contributed by atoms with Crippen molar-refractivity contribution in [1.82, 2.24) is 4.98 Å². The zero-order valence-corrected chi connectivity index (χ0v) is 12.4. The number of benzene rings is 1. The molecule has 0 radical (unpaired) electrons. The Morgan fingerprint density at radius 2 is 2.38 bits per heavy atom. The Kier molecular flexibility index (Phi) is 4.52. The minimum absolute atomic E-state index is 0.0921. The van der Waals surface area contributed by atoms with Crippen molar-refractivity contribution in [3.63, 3.8) is 0 Å². The lowest BCUT2D eigenvalue weighted by Crippen LogP contribution is -1.94. The Morgan fingerprint density at radius 3 is 2.90 bits per heavy atom. The lowest BCUT2D eigenvalue weighted by atomic mass is 10.2. The Morgan fingerprint density at radius 1 is 1.62 bits per heavy atom. The van der Waals surface area contributed by atoms with Crippen molar-refractivity contribution in [2.45, 2.75) is 6.92 Å². The molecule has 1 aromatic heterocycles. The van der Waals surface area contributed by atoms with Gasteiger partial charge < -0.3 is 5.32 Å². The van der Waals surface area contributed by atoms with Gasteiger partial charge in [-0.05, 0) is 13.0 Å². The van der Waals surface area contributed by atoms with E-state index in [9.17, 15) is 10.1 Å². The summed E-state index contributed by atoms with van der Waals surface area (Å²) < 4.78 is 0. The first-order valence-electron chi connectivity index (χ1n) is 5.74. The summed E-state index contributed by atoms with van der Waals surface area (Å²) in [4.78, 5) is 14.3. The zero-order chi connectivity index (χ0) is 15.4. The molecular weight excluding hydrogens is 312 g/mol. The van der Waals surface area contributed by atoms with Gasteiger partial charge in [-0.2, -0.15) is 5.26 Å². The number of aryl methyl sites for hydroxylation is 1. The third kappa shape index (κ3) is 3.56. The number of nitriles is 1. The van der Waals surface area contributed by atoms with Crippen molar-refractivity contribution in [2.75, 3.05) is 5.32 Å². The van der Waals surface area contributed by atoms with Crippen LogP contribution in [0.2, 0.25) is 5.02 Å². The summed E-state index contributed by atoms with van der Waals surface area (Å²) in [7, 11) is 0. The van der Waals surface area contributed by atoms with E-state index in [0.29, 0.717) is 16.3 Å². The second kappa shape index (κ2) is 6.35. The molecule has 0 atom stereocenters. The molecule has 2 aromatic rings. The molecule has 0 aliphatic heterocycles. The third-order valence-electron chi connectivity index (χ3n) is 2.51. The van der Waals surface area contributed by atoms with Gasteiger partial charge in [0.25, 0.3) is 5.69 Å². The number of hydrogen-bond donors (Lipinski definition) is 1. The zero-order valence-electron chi connectivity index (χ0n) is 10.8. The van der Waals surface area contributed by atoms with E-state index in [2.05, 4.69) is 10.3 Å². The molecule has 1 N–H and O–H groups in total. The van der Waals surface area contributed by atoms with E-state index in [4.69, 9.17) is 16.9 Å². The summed E-state index contributed by atoms with van der Waals surface area (Å²) >= 11 is 7.32. The van der Waals surface area contributed by atoms with Crippen molar-refractivity contribution in [3.8, 4) is 6.07 Å². The van der Waals surface area contributed by atoms with Gasteiger partial charge in [-0.1, -0.05) is 11.6 Å². The van der Waals surface area contributed by atoms with E-state index in [1.807, 2.05) is 18.4 Å². The standard InChI is InChI=1S/C13H9ClN4O2S/c1-8-7-21-13(17-8)9(5-15)6-16-12-3-2-10(18(19)20)4-11(12)14/h2-4,6-7,16H,1H3/b9-6+. The molecule has 0 unspecified atom stereocenters. The number of nitro groups is 1. The number of nitrogens with zero attached hydrogens (tertiary/aromatic N) is 3. The van der Waals surface area contributed by atoms with Crippen LogP contribution < -0.4 is 5.32 Å². The highest BCUT2D eigenvalue weighted by molar-refractivity contribution is 7.10. The minimum atomic E-state index is -0.523. The maximum absolute atomic E-state index is 10.6. The van der Waals surface area contributed by atoms with Crippen molar-refractivity contribution in [2.24, 2.45) is 0 Å². The average Bonchev–Trinajstić information content (AvgIpc) is 2.87. The summed E-state index contributed by atoms with van der Waals surface area (Å²) in [5.41, 5.74) is 1.58. The van der Waals surface area contributed by atoms with Crippen LogP contribution in [0, 0.1) is 28.4 Å². The fourth-order valence-corrected chi connectivity index (χ4v) is 2.50. The molecule has 1 heterocycles. The van der Waals surface area contributed by atoms with Crippen LogP contribution in [0.1, 0.15) is 10.7 Å². The van der Waals surface area contributed by atoms with Gasteiger partial charge in [0.1, 0.15) is 16.6 Å². The molecule has 0 aliphatic rings. The molecular formula is C13H9ClN4O2S. The van der Waals surface area contributed by atoms with E-state index < -0.39 is 4.92 Å². The number of nitro benzene ring substituents is 1. The molecule has 0 saturated carbocycles. The predicted octanol–water partition coefficient (Wildman–Crippen LogP) is 3.99. The Labute approximate surface area is 129 Å². The van der Waals surface area contributed by atoms with Crippen molar-refractivity contribution < 1.29 is 4.92 Å². The lowest BCUT2D eigenvalue weighted by Gasteiger charge is -2.04. The Balaban J connectivity index is 2.23. The molecule has 2 rings (SSSR count). The maximum atomic E-state index is 10.6. The summed E-state index contributed by atoms with van der Waals surface area (Å²) in [6.07, 6.45) is 1.48. The lowest BCUT2D eigenvalue weighted by molar-refractivity contribution is -0.384. The van der Waals surface area contributed by atoms with Crippen LogP contribution in [-0.2, 0) is 0 Å². The van der Waals surface area contributed by atoms with Gasteiger partial charge in [0.05, 0.1) is 15.6 Å². The second-order valence-electron chi connectivity index (χ2n) is 4.03. The molecule has 8 heteroatoms. The number of rotatable bonds is 4. The quantitative estimate of drug-likeness (QED) is 0.522.